The number of hydrogen-bond acceptors (Lipinski definition) is 7. The van der Waals surface area contributed by atoms with Crippen molar-refractivity contribution in [2.24, 2.45) is 23.7 Å². The average Bonchev–Trinajstić information content (AvgIpc) is 2.97. The lowest BCUT2D eigenvalue weighted by molar-refractivity contribution is -0.576. The molecule has 1 aliphatic carbocycles. The van der Waals surface area contributed by atoms with Gasteiger partial charge >= 0.3 is 5.97 Å². The zero-order valence-corrected chi connectivity index (χ0v) is 17.8. The van der Waals surface area contributed by atoms with E-state index in [0.29, 0.717) is 10.6 Å². The highest BCUT2D eigenvalue weighted by atomic mass is 79.9. The Morgan fingerprint density at radius 2 is 2.00 bits per heavy atom. The van der Waals surface area contributed by atoms with Gasteiger partial charge in [-0.25, -0.2) is 14.6 Å². The van der Waals surface area contributed by atoms with Crippen molar-refractivity contribution in [3.63, 3.8) is 0 Å². The highest BCUT2D eigenvalue weighted by Gasteiger charge is 2.69. The summed E-state index contributed by atoms with van der Waals surface area (Å²) in [5, 5.41) is 0. The normalized spacial score (nSPS) is 47.3. The molecular formula is C20H25BrO7. The SMILES string of the molecule is C[C@@H]1[C@H](OC(=O)c2ccc(Br)o2)O[C@H]2O[C@@]3(C)CC[C@@H]4[C@H](C)CC[C@H]1[C@@]24OO3. The molecule has 4 saturated heterocycles. The van der Waals surface area contributed by atoms with Gasteiger partial charge in [0.25, 0.3) is 0 Å². The maximum absolute atomic E-state index is 12.5. The molecule has 1 aromatic heterocycles. The average molecular weight is 457 g/mol. The van der Waals surface area contributed by atoms with Gasteiger partial charge in [-0.3, -0.25) is 0 Å². The topological polar surface area (TPSA) is 76.4 Å². The molecule has 2 bridgehead atoms. The van der Waals surface area contributed by atoms with Crippen LogP contribution >= 0.6 is 15.9 Å². The van der Waals surface area contributed by atoms with Gasteiger partial charge in [-0.05, 0) is 66.1 Å². The second kappa shape index (κ2) is 6.54. The minimum atomic E-state index is -0.849. The summed E-state index contributed by atoms with van der Waals surface area (Å²) in [6.07, 6.45) is 2.38. The molecular weight excluding hydrogens is 432 g/mol. The first kappa shape index (κ1) is 19.1. The highest BCUT2D eigenvalue weighted by Crippen LogP contribution is 2.60. The first-order chi connectivity index (χ1) is 13.3. The summed E-state index contributed by atoms with van der Waals surface area (Å²) in [6, 6.07) is 3.23. The lowest BCUT2D eigenvalue weighted by Crippen LogP contribution is -2.70. The Kier molecular flexibility index (Phi) is 4.45. The molecule has 0 amide bonds. The molecule has 1 aromatic rings. The molecule has 1 spiro atoms. The van der Waals surface area contributed by atoms with Crippen LogP contribution in [-0.4, -0.2) is 29.9 Å². The molecule has 5 aliphatic rings. The molecule has 0 N–H and O–H groups in total. The molecule has 6 rings (SSSR count). The van der Waals surface area contributed by atoms with Crippen molar-refractivity contribution in [1.82, 2.24) is 0 Å². The minimum absolute atomic E-state index is 0.0664. The summed E-state index contributed by atoms with van der Waals surface area (Å²) in [6.45, 7) is 6.18. The van der Waals surface area contributed by atoms with Crippen LogP contribution in [0.1, 0.15) is 57.0 Å². The smallest absolute Gasteiger partial charge is 0.376 e. The Bertz CT molecular complexity index is 780. The van der Waals surface area contributed by atoms with Crippen LogP contribution in [-0.2, 0) is 24.0 Å². The van der Waals surface area contributed by atoms with Crippen molar-refractivity contribution in [1.29, 1.82) is 0 Å². The van der Waals surface area contributed by atoms with Crippen LogP contribution in [0.2, 0.25) is 0 Å². The highest BCUT2D eigenvalue weighted by molar-refractivity contribution is 9.10. The van der Waals surface area contributed by atoms with Crippen LogP contribution in [0.25, 0.3) is 0 Å². The van der Waals surface area contributed by atoms with Gasteiger partial charge in [0.15, 0.2) is 16.6 Å². The largest absolute Gasteiger partial charge is 0.442 e. The zero-order chi connectivity index (χ0) is 19.7. The number of carbonyl (C=O) groups excluding carboxylic acids is 1. The van der Waals surface area contributed by atoms with E-state index in [1.165, 1.54) is 0 Å². The number of carbonyl (C=O) groups is 1. The van der Waals surface area contributed by atoms with Crippen molar-refractivity contribution in [2.45, 2.75) is 70.4 Å². The first-order valence-corrected chi connectivity index (χ1v) is 10.8. The van der Waals surface area contributed by atoms with Gasteiger partial charge in [0, 0.05) is 18.3 Å². The van der Waals surface area contributed by atoms with Gasteiger partial charge in [-0.15, -0.1) is 0 Å². The number of fused-ring (bicyclic) bond motifs is 2. The Hall–Kier alpha value is -0.930. The molecule has 8 heteroatoms. The lowest BCUT2D eigenvalue weighted by atomic mass is 9.58. The maximum atomic E-state index is 12.5. The summed E-state index contributed by atoms with van der Waals surface area (Å²) in [4.78, 5) is 24.4. The van der Waals surface area contributed by atoms with Gasteiger partial charge in [-0.1, -0.05) is 13.8 Å². The van der Waals surface area contributed by atoms with Crippen molar-refractivity contribution < 1.29 is 33.2 Å². The van der Waals surface area contributed by atoms with E-state index in [1.54, 1.807) is 12.1 Å². The molecule has 5 heterocycles. The number of rotatable bonds is 2. The van der Waals surface area contributed by atoms with Crippen LogP contribution in [0.5, 0.6) is 0 Å². The molecule has 0 radical (unpaired) electrons. The van der Waals surface area contributed by atoms with Crippen molar-refractivity contribution in [2.75, 3.05) is 0 Å². The maximum Gasteiger partial charge on any atom is 0.376 e. The van der Waals surface area contributed by atoms with Crippen LogP contribution in [0.3, 0.4) is 0 Å². The van der Waals surface area contributed by atoms with Crippen molar-refractivity contribution in [3.8, 4) is 0 Å². The molecule has 4 aliphatic heterocycles. The van der Waals surface area contributed by atoms with Gasteiger partial charge < -0.3 is 18.6 Å². The summed E-state index contributed by atoms with van der Waals surface area (Å²) in [7, 11) is 0. The number of ether oxygens (including phenoxy) is 3. The third kappa shape index (κ3) is 2.72. The molecule has 154 valence electrons. The van der Waals surface area contributed by atoms with Gasteiger partial charge in [0.05, 0.1) is 0 Å². The summed E-state index contributed by atoms with van der Waals surface area (Å²) >= 11 is 3.20. The van der Waals surface area contributed by atoms with E-state index in [0.717, 1.165) is 25.7 Å². The molecule has 0 unspecified atom stereocenters. The minimum Gasteiger partial charge on any atom is -0.442 e. The van der Waals surface area contributed by atoms with E-state index in [2.05, 4.69) is 22.9 Å². The summed E-state index contributed by atoms with van der Waals surface area (Å²) in [5.74, 6) is -0.463. The Morgan fingerprint density at radius 3 is 2.75 bits per heavy atom. The van der Waals surface area contributed by atoms with E-state index in [9.17, 15) is 4.79 Å². The van der Waals surface area contributed by atoms with Gasteiger partial charge in [-0.2, -0.15) is 0 Å². The molecule has 0 aromatic carbocycles. The third-order valence-corrected chi connectivity index (χ3v) is 7.52. The molecule has 1 saturated carbocycles. The molecule has 8 atom stereocenters. The number of furan rings is 1. The predicted octanol–water partition coefficient (Wildman–Crippen LogP) is 4.41. The van der Waals surface area contributed by atoms with Gasteiger partial charge in [0.1, 0.15) is 0 Å². The van der Waals surface area contributed by atoms with Crippen molar-refractivity contribution in [3.05, 3.63) is 22.6 Å². The number of esters is 1. The van der Waals surface area contributed by atoms with E-state index < -0.39 is 29.9 Å². The van der Waals surface area contributed by atoms with Gasteiger partial charge in [0.2, 0.25) is 17.8 Å². The number of hydrogen-bond donors (Lipinski definition) is 0. The van der Waals surface area contributed by atoms with Crippen LogP contribution in [0.4, 0.5) is 0 Å². The Balaban J connectivity index is 1.45. The third-order valence-electron chi connectivity index (χ3n) is 7.09. The van der Waals surface area contributed by atoms with Crippen LogP contribution in [0.15, 0.2) is 21.2 Å². The van der Waals surface area contributed by atoms with E-state index in [-0.39, 0.29) is 23.5 Å². The second-order valence-electron chi connectivity index (χ2n) is 8.78. The van der Waals surface area contributed by atoms with E-state index in [4.69, 9.17) is 28.4 Å². The van der Waals surface area contributed by atoms with Crippen LogP contribution in [0, 0.1) is 23.7 Å². The Labute approximate surface area is 172 Å². The fourth-order valence-electron chi connectivity index (χ4n) is 5.59. The monoisotopic (exact) mass is 456 g/mol. The fourth-order valence-corrected chi connectivity index (χ4v) is 5.90. The summed E-state index contributed by atoms with van der Waals surface area (Å²) < 4.78 is 24.0. The van der Waals surface area contributed by atoms with Crippen LogP contribution < -0.4 is 0 Å². The quantitative estimate of drug-likeness (QED) is 0.481. The predicted molar refractivity (Wildman–Crippen MR) is 98.7 cm³/mol. The second-order valence-corrected chi connectivity index (χ2v) is 9.56. The van der Waals surface area contributed by atoms with E-state index in [1.807, 2.05) is 13.8 Å². The standard InChI is InChI=1S/C20H25BrO7/c1-10-4-5-13-11(2)17(24-16(22)14-6-7-15(21)23-14)25-18-20(13)12(10)8-9-19(3,26-18)27-28-20/h6-7,10-13,17-18H,4-5,8-9H2,1-3H3/t10-,11+,12-,13-,17-,18+,19-,20-/m1/s1. The first-order valence-electron chi connectivity index (χ1n) is 9.99. The summed E-state index contributed by atoms with van der Waals surface area (Å²) in [5.41, 5.74) is -0.663. The van der Waals surface area contributed by atoms with E-state index >= 15 is 0 Å². The van der Waals surface area contributed by atoms with Crippen molar-refractivity contribution >= 4 is 21.9 Å². The fraction of sp³-hybridized carbons (Fsp3) is 0.750. The zero-order valence-electron chi connectivity index (χ0n) is 16.2. The molecule has 5 fully saturated rings. The Morgan fingerprint density at radius 1 is 1.18 bits per heavy atom. The molecule has 28 heavy (non-hydrogen) atoms. The molecule has 7 nitrogen and oxygen atoms in total. The lowest BCUT2D eigenvalue weighted by Gasteiger charge is -2.59. The number of halogens is 1.